The minimum absolute atomic E-state index is 0.0152. The van der Waals surface area contributed by atoms with Gasteiger partial charge in [0.2, 0.25) is 5.91 Å². The van der Waals surface area contributed by atoms with E-state index in [1.807, 2.05) is 36.1 Å². The van der Waals surface area contributed by atoms with Crippen LogP contribution in [-0.4, -0.2) is 43.5 Å². The number of carbonyl (C=O) groups is 2. The quantitative estimate of drug-likeness (QED) is 0.799. The van der Waals surface area contributed by atoms with E-state index in [1.54, 1.807) is 31.4 Å². The van der Waals surface area contributed by atoms with Gasteiger partial charge in [-0.3, -0.25) is 9.59 Å². The Labute approximate surface area is 165 Å². The summed E-state index contributed by atoms with van der Waals surface area (Å²) >= 11 is 0. The van der Waals surface area contributed by atoms with Gasteiger partial charge in [-0.2, -0.15) is 0 Å². The van der Waals surface area contributed by atoms with Crippen LogP contribution in [0, 0.1) is 0 Å². The average Bonchev–Trinajstić information content (AvgIpc) is 3.22. The van der Waals surface area contributed by atoms with Crippen molar-refractivity contribution in [1.29, 1.82) is 0 Å². The summed E-state index contributed by atoms with van der Waals surface area (Å²) in [7, 11) is 1.63. The molecule has 0 spiro atoms. The number of amides is 2. The first-order valence-electron chi connectivity index (χ1n) is 9.57. The van der Waals surface area contributed by atoms with Crippen molar-refractivity contribution in [2.45, 2.75) is 25.8 Å². The monoisotopic (exact) mass is 382 g/mol. The van der Waals surface area contributed by atoms with Crippen molar-refractivity contribution in [2.24, 2.45) is 0 Å². The molecule has 6 heteroatoms. The maximum Gasteiger partial charge on any atom is 0.251 e. The first kappa shape index (κ1) is 19.7. The average molecular weight is 382 g/mol. The zero-order valence-corrected chi connectivity index (χ0v) is 16.3. The third kappa shape index (κ3) is 4.63. The Bertz CT molecular complexity index is 802. The molecule has 0 aromatic heterocycles. The third-order valence-electron chi connectivity index (χ3n) is 4.90. The largest absolute Gasteiger partial charge is 0.497 e. The molecule has 3 rings (SSSR count). The predicted molar refractivity (Wildman–Crippen MR) is 107 cm³/mol. The van der Waals surface area contributed by atoms with E-state index in [-0.39, 0.29) is 24.4 Å². The maximum absolute atomic E-state index is 12.7. The number of carbonyl (C=O) groups excluding carboxylic acids is 2. The molecule has 6 nitrogen and oxygen atoms in total. The van der Waals surface area contributed by atoms with Crippen LogP contribution in [0.1, 0.15) is 41.7 Å². The summed E-state index contributed by atoms with van der Waals surface area (Å²) < 4.78 is 10.6. The number of nitrogens with one attached hydrogen (secondary N) is 1. The minimum atomic E-state index is -0.267. The van der Waals surface area contributed by atoms with Crippen molar-refractivity contribution in [2.75, 3.05) is 26.8 Å². The highest BCUT2D eigenvalue weighted by Gasteiger charge is 2.29. The molecule has 2 amide bonds. The summed E-state index contributed by atoms with van der Waals surface area (Å²) in [6.07, 6.45) is 1.88. The molecule has 1 atom stereocenters. The number of nitrogens with zero attached hydrogens (tertiary/aromatic N) is 1. The predicted octanol–water partition coefficient (Wildman–Crippen LogP) is 3.19. The SMILES string of the molecule is CCOc1ccc(C(=O)NCC(=O)N2CCC[C@@H]2c2ccc(OC)cc2)cc1. The van der Waals surface area contributed by atoms with Crippen LogP contribution in [0.5, 0.6) is 11.5 Å². The van der Waals surface area contributed by atoms with Gasteiger partial charge in [-0.15, -0.1) is 0 Å². The molecular weight excluding hydrogens is 356 g/mol. The van der Waals surface area contributed by atoms with Gasteiger partial charge in [0, 0.05) is 12.1 Å². The summed E-state index contributed by atoms with van der Waals surface area (Å²) in [4.78, 5) is 26.9. The fraction of sp³-hybridized carbons (Fsp3) is 0.364. The third-order valence-corrected chi connectivity index (χ3v) is 4.90. The number of ether oxygens (including phenoxy) is 2. The van der Waals surface area contributed by atoms with Crippen molar-refractivity contribution < 1.29 is 19.1 Å². The topological polar surface area (TPSA) is 67.9 Å². The first-order valence-corrected chi connectivity index (χ1v) is 9.57. The van der Waals surface area contributed by atoms with E-state index in [0.717, 1.165) is 29.9 Å². The highest BCUT2D eigenvalue weighted by atomic mass is 16.5. The molecule has 1 saturated heterocycles. The molecule has 2 aromatic rings. The van der Waals surface area contributed by atoms with Crippen LogP contribution >= 0.6 is 0 Å². The number of rotatable bonds is 7. The normalized spacial score (nSPS) is 15.9. The summed E-state index contributed by atoms with van der Waals surface area (Å²) in [5.74, 6) is 1.17. The number of likely N-dealkylation sites (tertiary alicyclic amines) is 1. The first-order chi connectivity index (χ1) is 13.6. The molecule has 0 bridgehead atoms. The number of benzene rings is 2. The van der Waals surface area contributed by atoms with Crippen LogP contribution in [0.25, 0.3) is 0 Å². The molecule has 1 heterocycles. The molecule has 1 N–H and O–H groups in total. The Hall–Kier alpha value is -3.02. The highest BCUT2D eigenvalue weighted by Crippen LogP contribution is 2.32. The number of hydrogen-bond acceptors (Lipinski definition) is 4. The molecule has 28 heavy (non-hydrogen) atoms. The summed E-state index contributed by atoms with van der Waals surface area (Å²) in [6.45, 7) is 3.17. The van der Waals surface area contributed by atoms with Crippen LogP contribution in [0.15, 0.2) is 48.5 Å². The van der Waals surface area contributed by atoms with Gasteiger partial charge in [0.1, 0.15) is 11.5 Å². The standard InChI is InChI=1S/C22H26N2O4/c1-3-28-19-12-8-17(9-13-19)22(26)23-15-21(25)24-14-4-5-20(24)16-6-10-18(27-2)11-7-16/h6-13,20H,3-5,14-15H2,1-2H3,(H,23,26)/t20-/m1/s1. The zero-order chi connectivity index (χ0) is 19.9. The minimum Gasteiger partial charge on any atom is -0.497 e. The molecule has 1 aliphatic heterocycles. The second-order valence-corrected chi connectivity index (χ2v) is 6.66. The fourth-order valence-electron chi connectivity index (χ4n) is 3.47. The van der Waals surface area contributed by atoms with E-state index in [1.165, 1.54) is 0 Å². The lowest BCUT2D eigenvalue weighted by atomic mass is 10.0. The Morgan fingerprint density at radius 3 is 2.39 bits per heavy atom. The van der Waals surface area contributed by atoms with Crippen LogP contribution in [0.4, 0.5) is 0 Å². The molecule has 0 unspecified atom stereocenters. The van der Waals surface area contributed by atoms with Gasteiger partial charge < -0.3 is 19.7 Å². The van der Waals surface area contributed by atoms with E-state index < -0.39 is 0 Å². The molecular formula is C22H26N2O4. The summed E-state index contributed by atoms with van der Waals surface area (Å²) in [5.41, 5.74) is 1.59. The summed E-state index contributed by atoms with van der Waals surface area (Å²) in [6, 6.07) is 14.7. The molecule has 0 aliphatic carbocycles. The molecule has 1 fully saturated rings. The van der Waals surface area contributed by atoms with Gasteiger partial charge in [0.15, 0.2) is 0 Å². The number of methoxy groups -OCH3 is 1. The van der Waals surface area contributed by atoms with Crippen molar-refractivity contribution >= 4 is 11.8 Å². The van der Waals surface area contributed by atoms with Crippen molar-refractivity contribution in [3.05, 3.63) is 59.7 Å². The summed E-state index contributed by atoms with van der Waals surface area (Å²) in [5, 5.41) is 2.73. The van der Waals surface area contributed by atoms with Crippen molar-refractivity contribution in [3.8, 4) is 11.5 Å². The zero-order valence-electron chi connectivity index (χ0n) is 16.3. The van der Waals surface area contributed by atoms with Crippen LogP contribution in [0.2, 0.25) is 0 Å². The van der Waals surface area contributed by atoms with Gasteiger partial charge in [-0.1, -0.05) is 12.1 Å². The van der Waals surface area contributed by atoms with Gasteiger partial charge in [0.25, 0.3) is 5.91 Å². The van der Waals surface area contributed by atoms with Gasteiger partial charge in [-0.25, -0.2) is 0 Å². The molecule has 0 saturated carbocycles. The Kier molecular flexibility index (Phi) is 6.53. The second-order valence-electron chi connectivity index (χ2n) is 6.66. The molecule has 2 aromatic carbocycles. The Morgan fingerprint density at radius 1 is 1.07 bits per heavy atom. The van der Waals surface area contributed by atoms with Crippen LogP contribution in [0.3, 0.4) is 0 Å². The number of hydrogen-bond donors (Lipinski definition) is 1. The van der Waals surface area contributed by atoms with Crippen molar-refractivity contribution in [1.82, 2.24) is 10.2 Å². The Balaban J connectivity index is 1.57. The highest BCUT2D eigenvalue weighted by molar-refractivity contribution is 5.96. The van der Waals surface area contributed by atoms with Crippen LogP contribution in [-0.2, 0) is 4.79 Å². The lowest BCUT2D eigenvalue weighted by molar-refractivity contribution is -0.131. The van der Waals surface area contributed by atoms with E-state index in [9.17, 15) is 9.59 Å². The van der Waals surface area contributed by atoms with E-state index in [0.29, 0.717) is 18.7 Å². The molecule has 148 valence electrons. The fourth-order valence-corrected chi connectivity index (χ4v) is 3.47. The smallest absolute Gasteiger partial charge is 0.251 e. The van der Waals surface area contributed by atoms with Gasteiger partial charge >= 0.3 is 0 Å². The van der Waals surface area contributed by atoms with E-state index in [2.05, 4.69) is 5.32 Å². The van der Waals surface area contributed by atoms with Crippen LogP contribution < -0.4 is 14.8 Å². The lowest BCUT2D eigenvalue weighted by Gasteiger charge is -2.25. The van der Waals surface area contributed by atoms with E-state index >= 15 is 0 Å². The maximum atomic E-state index is 12.7. The molecule has 0 radical (unpaired) electrons. The van der Waals surface area contributed by atoms with Gasteiger partial charge in [0.05, 0.1) is 26.3 Å². The van der Waals surface area contributed by atoms with E-state index in [4.69, 9.17) is 9.47 Å². The van der Waals surface area contributed by atoms with Gasteiger partial charge in [-0.05, 0) is 61.7 Å². The molecule has 1 aliphatic rings. The second kappa shape index (κ2) is 9.26. The van der Waals surface area contributed by atoms with Crippen molar-refractivity contribution in [3.63, 3.8) is 0 Å². The lowest BCUT2D eigenvalue weighted by Crippen LogP contribution is -2.39. The Morgan fingerprint density at radius 2 is 1.75 bits per heavy atom.